The molecule has 9 heteroatoms. The van der Waals surface area contributed by atoms with Crippen LogP contribution in [0.15, 0.2) is 10.2 Å². The third-order valence-electron chi connectivity index (χ3n) is 4.14. The molecule has 0 aliphatic rings. The van der Waals surface area contributed by atoms with Crippen LogP contribution in [0.3, 0.4) is 0 Å². The first-order valence-electron chi connectivity index (χ1n) is 8.70. The summed E-state index contributed by atoms with van der Waals surface area (Å²) in [4.78, 5) is 37.5. The van der Waals surface area contributed by atoms with E-state index < -0.39 is 5.97 Å². The van der Waals surface area contributed by atoms with Gasteiger partial charge in [-0.1, -0.05) is 13.8 Å². The fourth-order valence-corrected chi connectivity index (χ4v) is 4.25. The van der Waals surface area contributed by atoms with Gasteiger partial charge in [0.15, 0.2) is 10.8 Å². The third-order valence-corrected chi connectivity index (χ3v) is 6.04. The van der Waals surface area contributed by atoms with Gasteiger partial charge in [-0.25, -0.2) is 14.8 Å². The van der Waals surface area contributed by atoms with E-state index in [9.17, 15) is 9.59 Å². The minimum atomic E-state index is -0.538. The van der Waals surface area contributed by atoms with Crippen molar-refractivity contribution in [2.24, 2.45) is 5.92 Å². The predicted molar refractivity (Wildman–Crippen MR) is 109 cm³/mol. The molecule has 0 aromatic carbocycles. The summed E-state index contributed by atoms with van der Waals surface area (Å²) >= 11 is 2.83. The maximum atomic E-state index is 12.3. The number of aromatic amines is 1. The lowest BCUT2D eigenvalue weighted by Crippen LogP contribution is -2.14. The molecule has 3 aromatic heterocycles. The lowest BCUT2D eigenvalue weighted by Gasteiger charge is -2.05. The first-order chi connectivity index (χ1) is 12.8. The Morgan fingerprint density at radius 2 is 2.11 bits per heavy atom. The molecule has 2 N–H and O–H groups in total. The summed E-state index contributed by atoms with van der Waals surface area (Å²) in [7, 11) is 0. The summed E-state index contributed by atoms with van der Waals surface area (Å²) in [6, 6.07) is 0. The fraction of sp³-hybridized carbons (Fsp3) is 0.444. The average molecular weight is 407 g/mol. The molecule has 0 aliphatic carbocycles. The highest BCUT2D eigenvalue weighted by atomic mass is 32.1. The number of thiophene rings is 1. The second-order valence-corrected chi connectivity index (χ2v) is 8.76. The summed E-state index contributed by atoms with van der Waals surface area (Å²) < 4.78 is 5.26. The number of nitrogens with zero attached hydrogens (tertiary/aromatic N) is 2. The number of fused-ring (bicyclic) bond motifs is 1. The molecule has 0 radical (unpaired) electrons. The van der Waals surface area contributed by atoms with Crippen molar-refractivity contribution in [3.8, 4) is 0 Å². The molecule has 3 heterocycles. The van der Waals surface area contributed by atoms with Crippen molar-refractivity contribution in [1.82, 2.24) is 15.0 Å². The molecule has 27 heavy (non-hydrogen) atoms. The molecule has 3 aromatic rings. The fourth-order valence-electron chi connectivity index (χ4n) is 2.49. The first kappa shape index (κ1) is 19.5. The number of rotatable bonds is 7. The van der Waals surface area contributed by atoms with Gasteiger partial charge < -0.3 is 15.0 Å². The predicted octanol–water partition coefficient (Wildman–Crippen LogP) is 3.87. The number of hydrogen-bond donors (Lipinski definition) is 2. The molecule has 144 valence electrons. The smallest absolute Gasteiger partial charge is 0.358 e. The number of carbonyl (C=O) groups is 1. The number of aryl methyl sites for hydroxylation is 2. The zero-order chi connectivity index (χ0) is 19.6. The molecule has 3 rings (SSSR count). The average Bonchev–Trinajstić information content (AvgIpc) is 3.18. The van der Waals surface area contributed by atoms with Crippen LogP contribution in [0.5, 0.6) is 0 Å². The lowest BCUT2D eigenvalue weighted by molar-refractivity contribution is 0.0456. The van der Waals surface area contributed by atoms with E-state index in [4.69, 9.17) is 4.74 Å². The molecular formula is C18H22N4O3S2. The standard InChI is InChI=1S/C18H22N4O3S2/c1-9(2)5-6-19-18-20-12(8-26-18)17(24)25-7-13-21-15(23)14-10(3)11(4)27-16(14)22-13/h8-9H,5-7H2,1-4H3,(H,19,20)(H,21,22,23). The zero-order valence-electron chi connectivity index (χ0n) is 15.7. The van der Waals surface area contributed by atoms with Crippen LogP contribution in [0.1, 0.15) is 47.0 Å². The van der Waals surface area contributed by atoms with E-state index in [0.29, 0.717) is 27.1 Å². The van der Waals surface area contributed by atoms with Gasteiger partial charge in [0.2, 0.25) is 0 Å². The van der Waals surface area contributed by atoms with Gasteiger partial charge in [-0.2, -0.15) is 0 Å². The van der Waals surface area contributed by atoms with Crippen LogP contribution < -0.4 is 10.9 Å². The highest BCUT2D eigenvalue weighted by molar-refractivity contribution is 7.18. The monoisotopic (exact) mass is 406 g/mol. The number of nitrogens with one attached hydrogen (secondary N) is 2. The van der Waals surface area contributed by atoms with Crippen molar-refractivity contribution in [3.63, 3.8) is 0 Å². The number of H-pyrrole nitrogens is 1. The molecule has 0 saturated carbocycles. The van der Waals surface area contributed by atoms with E-state index >= 15 is 0 Å². The van der Waals surface area contributed by atoms with Crippen molar-refractivity contribution in [2.75, 3.05) is 11.9 Å². The van der Waals surface area contributed by atoms with Crippen LogP contribution in [0.25, 0.3) is 10.2 Å². The van der Waals surface area contributed by atoms with E-state index in [-0.39, 0.29) is 17.9 Å². The Morgan fingerprint density at radius 1 is 1.33 bits per heavy atom. The molecule has 0 atom stereocenters. The minimum absolute atomic E-state index is 0.104. The molecular weight excluding hydrogens is 384 g/mol. The van der Waals surface area contributed by atoms with Gasteiger partial charge in [-0.05, 0) is 31.7 Å². The minimum Gasteiger partial charge on any atom is -0.453 e. The second kappa shape index (κ2) is 8.18. The van der Waals surface area contributed by atoms with Gasteiger partial charge in [0.1, 0.15) is 17.3 Å². The van der Waals surface area contributed by atoms with Crippen LogP contribution >= 0.6 is 22.7 Å². The number of esters is 1. The Balaban J connectivity index is 1.63. The van der Waals surface area contributed by atoms with Crippen molar-refractivity contribution >= 4 is 44.0 Å². The van der Waals surface area contributed by atoms with Crippen LogP contribution in [-0.2, 0) is 11.3 Å². The van der Waals surface area contributed by atoms with Gasteiger partial charge in [-0.15, -0.1) is 22.7 Å². The van der Waals surface area contributed by atoms with Crippen molar-refractivity contribution < 1.29 is 9.53 Å². The number of aromatic nitrogens is 3. The number of ether oxygens (including phenoxy) is 1. The van der Waals surface area contributed by atoms with Gasteiger partial charge >= 0.3 is 5.97 Å². The molecule has 0 fully saturated rings. The number of thiazole rings is 1. The summed E-state index contributed by atoms with van der Waals surface area (Å²) in [5, 5.41) is 6.16. The van der Waals surface area contributed by atoms with Crippen LogP contribution in [0.2, 0.25) is 0 Å². The molecule has 0 amide bonds. The molecule has 0 spiro atoms. The summed E-state index contributed by atoms with van der Waals surface area (Å²) in [6.45, 7) is 8.87. The van der Waals surface area contributed by atoms with Gasteiger partial charge in [0, 0.05) is 16.8 Å². The second-order valence-electron chi connectivity index (χ2n) is 6.70. The molecule has 7 nitrogen and oxygen atoms in total. The zero-order valence-corrected chi connectivity index (χ0v) is 17.3. The number of hydrogen-bond acceptors (Lipinski definition) is 8. The van der Waals surface area contributed by atoms with Gasteiger partial charge in [0.25, 0.3) is 5.56 Å². The first-order valence-corrected chi connectivity index (χ1v) is 10.4. The highest BCUT2D eigenvalue weighted by Crippen LogP contribution is 2.25. The topological polar surface area (TPSA) is 97.0 Å². The Morgan fingerprint density at radius 3 is 2.85 bits per heavy atom. The van der Waals surface area contributed by atoms with E-state index in [0.717, 1.165) is 23.4 Å². The number of carbonyl (C=O) groups excluding carboxylic acids is 1. The maximum Gasteiger partial charge on any atom is 0.358 e. The molecule has 0 saturated heterocycles. The Labute approximate surface area is 164 Å². The summed E-state index contributed by atoms with van der Waals surface area (Å²) in [5.41, 5.74) is 0.976. The van der Waals surface area contributed by atoms with Crippen molar-refractivity contribution in [2.45, 2.75) is 40.7 Å². The third kappa shape index (κ3) is 4.54. The summed E-state index contributed by atoms with van der Waals surface area (Å²) in [6.07, 6.45) is 1.03. The van der Waals surface area contributed by atoms with Gasteiger partial charge in [0.05, 0.1) is 5.39 Å². The van der Waals surface area contributed by atoms with Crippen LogP contribution in [0.4, 0.5) is 5.13 Å². The Kier molecular flexibility index (Phi) is 5.91. The Bertz CT molecular complexity index is 1020. The van der Waals surface area contributed by atoms with E-state index in [1.165, 1.54) is 22.7 Å². The normalized spacial score (nSPS) is 11.3. The largest absolute Gasteiger partial charge is 0.453 e. The Hall–Kier alpha value is -2.26. The van der Waals surface area contributed by atoms with Crippen LogP contribution in [0, 0.1) is 19.8 Å². The van der Waals surface area contributed by atoms with Crippen LogP contribution in [-0.4, -0.2) is 27.5 Å². The van der Waals surface area contributed by atoms with E-state index in [2.05, 4.69) is 34.1 Å². The lowest BCUT2D eigenvalue weighted by atomic mass is 10.1. The van der Waals surface area contributed by atoms with E-state index in [1.807, 2.05) is 13.8 Å². The molecule has 0 bridgehead atoms. The highest BCUT2D eigenvalue weighted by Gasteiger charge is 2.15. The molecule has 0 unspecified atom stereocenters. The number of anilines is 1. The molecule has 0 aliphatic heterocycles. The maximum absolute atomic E-state index is 12.3. The van der Waals surface area contributed by atoms with Gasteiger partial charge in [-0.3, -0.25) is 4.79 Å². The van der Waals surface area contributed by atoms with Crippen molar-refractivity contribution in [1.29, 1.82) is 0 Å². The van der Waals surface area contributed by atoms with E-state index in [1.54, 1.807) is 5.38 Å². The van der Waals surface area contributed by atoms with Crippen molar-refractivity contribution in [3.05, 3.63) is 37.7 Å². The summed E-state index contributed by atoms with van der Waals surface area (Å²) in [5.74, 6) is 0.391. The SMILES string of the molecule is Cc1sc2nc(COC(=O)c3csc(NCCC(C)C)n3)[nH]c(=O)c2c1C. The quantitative estimate of drug-likeness (QED) is 0.578.